The first-order valence-electron chi connectivity index (χ1n) is 10.6. The maximum atomic E-state index is 13.5. The Labute approximate surface area is 173 Å². The van der Waals surface area contributed by atoms with E-state index < -0.39 is 0 Å². The van der Waals surface area contributed by atoms with Crippen molar-refractivity contribution in [2.45, 2.75) is 33.1 Å². The smallest absolute Gasteiger partial charge is 0.263 e. The van der Waals surface area contributed by atoms with Crippen molar-refractivity contribution in [3.8, 4) is 0 Å². The summed E-state index contributed by atoms with van der Waals surface area (Å²) in [5.41, 5.74) is 2.96. The van der Waals surface area contributed by atoms with Crippen LogP contribution in [0.3, 0.4) is 0 Å². The second-order valence-electron chi connectivity index (χ2n) is 8.47. The molecule has 2 heterocycles. The first-order valence-corrected chi connectivity index (χ1v) is 10.6. The SMILES string of the molecule is Cc1cc(C)n(C)c(=O)c1C(=O)N(CCc1ccccc1)CC1CCCN(C)C1. The first kappa shape index (κ1) is 21.3. The van der Waals surface area contributed by atoms with Gasteiger partial charge in [0.05, 0.1) is 0 Å². The number of hydrogen-bond donors (Lipinski definition) is 0. The number of nitrogens with zero attached hydrogens (tertiary/aromatic N) is 3. The highest BCUT2D eigenvalue weighted by Crippen LogP contribution is 2.19. The molecular formula is C24H33N3O2. The highest BCUT2D eigenvalue weighted by atomic mass is 16.2. The molecule has 1 fully saturated rings. The summed E-state index contributed by atoms with van der Waals surface area (Å²) in [4.78, 5) is 30.7. The molecule has 1 unspecified atom stereocenters. The molecule has 1 saturated heterocycles. The van der Waals surface area contributed by atoms with Crippen LogP contribution in [0.15, 0.2) is 41.2 Å². The zero-order valence-corrected chi connectivity index (χ0v) is 18.1. The van der Waals surface area contributed by atoms with Crippen LogP contribution in [0.5, 0.6) is 0 Å². The number of pyridine rings is 1. The Morgan fingerprint density at radius 3 is 2.59 bits per heavy atom. The minimum atomic E-state index is -0.196. The standard InChI is InChI=1S/C24H33N3O2/c1-18-15-19(2)26(4)23(28)22(18)24(29)27(14-12-20-9-6-5-7-10-20)17-21-11-8-13-25(3)16-21/h5-7,9-10,15,21H,8,11-14,16-17H2,1-4H3. The number of carbonyl (C=O) groups excluding carboxylic acids is 1. The number of hydrogen-bond acceptors (Lipinski definition) is 3. The number of aryl methyl sites for hydroxylation is 2. The molecule has 2 aromatic rings. The number of aromatic nitrogens is 1. The van der Waals surface area contributed by atoms with Crippen molar-refractivity contribution in [1.82, 2.24) is 14.4 Å². The second kappa shape index (κ2) is 9.40. The molecule has 1 aromatic heterocycles. The fourth-order valence-electron chi connectivity index (χ4n) is 4.32. The predicted octanol–water partition coefficient (Wildman–Crippen LogP) is 3.03. The molecule has 0 spiro atoms. The minimum Gasteiger partial charge on any atom is -0.338 e. The van der Waals surface area contributed by atoms with E-state index >= 15 is 0 Å². The molecule has 1 aliphatic rings. The quantitative estimate of drug-likeness (QED) is 0.755. The van der Waals surface area contributed by atoms with Crippen molar-refractivity contribution in [3.05, 3.63) is 69.1 Å². The van der Waals surface area contributed by atoms with Gasteiger partial charge in [-0.3, -0.25) is 9.59 Å². The molecule has 1 atom stereocenters. The Morgan fingerprint density at radius 2 is 1.90 bits per heavy atom. The van der Waals surface area contributed by atoms with E-state index in [2.05, 4.69) is 24.1 Å². The van der Waals surface area contributed by atoms with Gasteiger partial charge in [-0.25, -0.2) is 0 Å². The molecule has 0 radical (unpaired) electrons. The number of likely N-dealkylation sites (tertiary alicyclic amines) is 1. The van der Waals surface area contributed by atoms with E-state index in [4.69, 9.17) is 0 Å². The summed E-state index contributed by atoms with van der Waals surface area (Å²) >= 11 is 0. The molecule has 1 aliphatic heterocycles. The Bertz CT molecular complexity index is 904. The number of piperidine rings is 1. The molecule has 1 amide bonds. The lowest BCUT2D eigenvalue weighted by atomic mass is 9.97. The zero-order valence-electron chi connectivity index (χ0n) is 18.1. The van der Waals surface area contributed by atoms with Gasteiger partial charge in [-0.05, 0) is 69.8 Å². The normalized spacial score (nSPS) is 17.3. The van der Waals surface area contributed by atoms with Gasteiger partial charge in [0.25, 0.3) is 11.5 Å². The Hall–Kier alpha value is -2.40. The molecule has 3 rings (SSSR count). The van der Waals surface area contributed by atoms with Gasteiger partial charge >= 0.3 is 0 Å². The summed E-state index contributed by atoms with van der Waals surface area (Å²) in [6.45, 7) is 7.21. The van der Waals surface area contributed by atoms with Gasteiger partial charge in [0.15, 0.2) is 0 Å². The van der Waals surface area contributed by atoms with Crippen LogP contribution in [0.25, 0.3) is 0 Å². The molecule has 5 nitrogen and oxygen atoms in total. The van der Waals surface area contributed by atoms with Crippen molar-refractivity contribution in [1.29, 1.82) is 0 Å². The van der Waals surface area contributed by atoms with Crippen LogP contribution in [0, 0.1) is 19.8 Å². The second-order valence-corrected chi connectivity index (χ2v) is 8.47. The fraction of sp³-hybridized carbons (Fsp3) is 0.500. The highest BCUT2D eigenvalue weighted by Gasteiger charge is 2.26. The molecule has 5 heteroatoms. The summed E-state index contributed by atoms with van der Waals surface area (Å²) in [6, 6.07) is 12.2. The Kier molecular flexibility index (Phi) is 6.91. The third-order valence-corrected chi connectivity index (χ3v) is 6.08. The fourth-order valence-corrected chi connectivity index (χ4v) is 4.32. The van der Waals surface area contributed by atoms with E-state index in [9.17, 15) is 9.59 Å². The van der Waals surface area contributed by atoms with Crippen LogP contribution in [0.2, 0.25) is 0 Å². The van der Waals surface area contributed by atoms with Crippen molar-refractivity contribution in [2.24, 2.45) is 13.0 Å². The molecule has 0 saturated carbocycles. The van der Waals surface area contributed by atoms with Gasteiger partial charge in [0, 0.05) is 32.4 Å². The van der Waals surface area contributed by atoms with Crippen molar-refractivity contribution in [2.75, 3.05) is 33.2 Å². The average Bonchev–Trinajstić information content (AvgIpc) is 2.70. The average molecular weight is 396 g/mol. The van der Waals surface area contributed by atoms with Crippen LogP contribution in [0.4, 0.5) is 0 Å². The van der Waals surface area contributed by atoms with E-state index in [0.29, 0.717) is 24.6 Å². The van der Waals surface area contributed by atoms with E-state index in [1.807, 2.05) is 43.0 Å². The maximum Gasteiger partial charge on any atom is 0.263 e. The van der Waals surface area contributed by atoms with E-state index in [-0.39, 0.29) is 11.5 Å². The van der Waals surface area contributed by atoms with Crippen LogP contribution in [-0.4, -0.2) is 53.5 Å². The molecule has 1 aromatic carbocycles. The molecule has 156 valence electrons. The molecule has 0 bridgehead atoms. The predicted molar refractivity (Wildman–Crippen MR) is 117 cm³/mol. The number of amides is 1. The monoisotopic (exact) mass is 395 g/mol. The zero-order chi connectivity index (χ0) is 21.0. The van der Waals surface area contributed by atoms with Crippen LogP contribution < -0.4 is 5.56 Å². The van der Waals surface area contributed by atoms with Crippen molar-refractivity contribution >= 4 is 5.91 Å². The van der Waals surface area contributed by atoms with Gasteiger partial charge in [-0.15, -0.1) is 0 Å². The van der Waals surface area contributed by atoms with Crippen LogP contribution >= 0.6 is 0 Å². The largest absolute Gasteiger partial charge is 0.338 e. The first-order chi connectivity index (χ1) is 13.9. The molecule has 29 heavy (non-hydrogen) atoms. The minimum absolute atomic E-state index is 0.132. The van der Waals surface area contributed by atoms with Gasteiger partial charge in [-0.1, -0.05) is 30.3 Å². The third kappa shape index (κ3) is 5.15. The summed E-state index contributed by atoms with van der Waals surface area (Å²) in [5.74, 6) is 0.315. The van der Waals surface area contributed by atoms with E-state index in [1.54, 1.807) is 11.6 Å². The van der Waals surface area contributed by atoms with E-state index in [0.717, 1.165) is 43.6 Å². The van der Waals surface area contributed by atoms with Crippen molar-refractivity contribution < 1.29 is 4.79 Å². The number of carbonyl (C=O) groups is 1. The van der Waals surface area contributed by atoms with Crippen LogP contribution in [-0.2, 0) is 13.5 Å². The Balaban J connectivity index is 1.86. The molecule has 0 aliphatic carbocycles. The summed E-state index contributed by atoms with van der Waals surface area (Å²) in [7, 11) is 3.88. The van der Waals surface area contributed by atoms with Gasteiger partial charge in [-0.2, -0.15) is 0 Å². The lowest BCUT2D eigenvalue weighted by molar-refractivity contribution is 0.0690. The van der Waals surface area contributed by atoms with Crippen molar-refractivity contribution in [3.63, 3.8) is 0 Å². The summed E-state index contributed by atoms with van der Waals surface area (Å²) in [5, 5.41) is 0. The van der Waals surface area contributed by atoms with Gasteiger partial charge in [0.2, 0.25) is 0 Å². The van der Waals surface area contributed by atoms with E-state index in [1.165, 1.54) is 5.56 Å². The molecule has 0 N–H and O–H groups in total. The third-order valence-electron chi connectivity index (χ3n) is 6.08. The topological polar surface area (TPSA) is 45.6 Å². The Morgan fingerprint density at radius 1 is 1.17 bits per heavy atom. The maximum absolute atomic E-state index is 13.5. The summed E-state index contributed by atoms with van der Waals surface area (Å²) in [6.07, 6.45) is 3.08. The lowest BCUT2D eigenvalue weighted by Crippen LogP contribution is -2.44. The lowest BCUT2D eigenvalue weighted by Gasteiger charge is -2.34. The number of benzene rings is 1. The number of rotatable bonds is 6. The highest BCUT2D eigenvalue weighted by molar-refractivity contribution is 5.95. The van der Waals surface area contributed by atoms with Crippen LogP contribution in [0.1, 0.15) is 40.0 Å². The van der Waals surface area contributed by atoms with Gasteiger partial charge < -0.3 is 14.4 Å². The summed E-state index contributed by atoms with van der Waals surface area (Å²) < 4.78 is 1.57. The van der Waals surface area contributed by atoms with Gasteiger partial charge in [0.1, 0.15) is 5.56 Å². The molecular weight excluding hydrogens is 362 g/mol.